The fourth-order valence-electron chi connectivity index (χ4n) is 3.82. The number of nitrogens with zero attached hydrogens (tertiary/aromatic N) is 1. The number of nitrogens with one attached hydrogen (secondary N) is 1. The summed E-state index contributed by atoms with van der Waals surface area (Å²) in [7, 11) is 1.74. The lowest BCUT2D eigenvalue weighted by molar-refractivity contribution is 0.125. The van der Waals surface area contributed by atoms with E-state index in [0.29, 0.717) is 6.04 Å². The van der Waals surface area contributed by atoms with Crippen molar-refractivity contribution in [3.63, 3.8) is 0 Å². The topological polar surface area (TPSA) is 24.5 Å². The molecule has 0 amide bonds. The first-order valence-corrected chi connectivity index (χ1v) is 7.97. The minimum atomic E-state index is 0.602. The van der Waals surface area contributed by atoms with Crippen LogP contribution in [-0.4, -0.2) is 38.2 Å². The highest BCUT2D eigenvalue weighted by Gasteiger charge is 2.31. The van der Waals surface area contributed by atoms with Gasteiger partial charge in [-0.15, -0.1) is 0 Å². The SMILES string of the molecule is COc1ccc(C(C2CCCC2)N2CCNCC2)cc1. The smallest absolute Gasteiger partial charge is 0.118 e. The van der Waals surface area contributed by atoms with Gasteiger partial charge in [0.15, 0.2) is 0 Å². The number of hydrogen-bond donors (Lipinski definition) is 1. The highest BCUT2D eigenvalue weighted by Crippen LogP contribution is 2.39. The monoisotopic (exact) mass is 274 g/mol. The minimum absolute atomic E-state index is 0.602. The molecule has 0 radical (unpaired) electrons. The van der Waals surface area contributed by atoms with E-state index in [9.17, 15) is 0 Å². The van der Waals surface area contributed by atoms with Crippen molar-refractivity contribution in [2.24, 2.45) is 5.92 Å². The van der Waals surface area contributed by atoms with Gasteiger partial charge in [-0.1, -0.05) is 25.0 Å². The standard InChI is InChI=1S/C17H26N2O/c1-20-16-8-6-15(7-9-16)17(14-4-2-3-5-14)19-12-10-18-11-13-19/h6-9,14,17-18H,2-5,10-13H2,1H3. The molecular formula is C17H26N2O. The summed E-state index contributed by atoms with van der Waals surface area (Å²) >= 11 is 0. The summed E-state index contributed by atoms with van der Waals surface area (Å²) in [4.78, 5) is 2.69. The van der Waals surface area contributed by atoms with Gasteiger partial charge >= 0.3 is 0 Å². The van der Waals surface area contributed by atoms with Crippen molar-refractivity contribution in [3.05, 3.63) is 29.8 Å². The van der Waals surface area contributed by atoms with Gasteiger partial charge < -0.3 is 10.1 Å². The van der Waals surface area contributed by atoms with Crippen LogP contribution < -0.4 is 10.1 Å². The molecule has 1 aliphatic carbocycles. The molecular weight excluding hydrogens is 248 g/mol. The highest BCUT2D eigenvalue weighted by molar-refractivity contribution is 5.29. The first-order chi connectivity index (χ1) is 9.88. The third-order valence-corrected chi connectivity index (χ3v) is 4.85. The molecule has 2 aliphatic rings. The molecule has 1 saturated carbocycles. The van der Waals surface area contributed by atoms with E-state index in [4.69, 9.17) is 4.74 Å². The Balaban J connectivity index is 1.82. The lowest BCUT2D eigenvalue weighted by Crippen LogP contribution is -2.46. The number of hydrogen-bond acceptors (Lipinski definition) is 3. The van der Waals surface area contributed by atoms with Crippen LogP contribution in [0.25, 0.3) is 0 Å². The summed E-state index contributed by atoms with van der Waals surface area (Å²) in [6, 6.07) is 9.36. The fourth-order valence-corrected chi connectivity index (χ4v) is 3.82. The predicted octanol–water partition coefficient (Wildman–Crippen LogP) is 2.83. The Bertz CT molecular complexity index is 406. The van der Waals surface area contributed by atoms with Crippen molar-refractivity contribution in [1.29, 1.82) is 0 Å². The van der Waals surface area contributed by atoms with Gasteiger partial charge in [0, 0.05) is 32.2 Å². The second-order valence-corrected chi connectivity index (χ2v) is 6.05. The Morgan fingerprint density at radius 3 is 2.35 bits per heavy atom. The van der Waals surface area contributed by atoms with E-state index in [2.05, 4.69) is 34.5 Å². The van der Waals surface area contributed by atoms with Crippen LogP contribution in [-0.2, 0) is 0 Å². The predicted molar refractivity (Wildman–Crippen MR) is 82.1 cm³/mol. The largest absolute Gasteiger partial charge is 0.497 e. The Hall–Kier alpha value is -1.06. The zero-order valence-corrected chi connectivity index (χ0v) is 12.5. The summed E-state index contributed by atoms with van der Waals surface area (Å²) in [5.41, 5.74) is 1.47. The van der Waals surface area contributed by atoms with E-state index in [0.717, 1.165) is 24.8 Å². The van der Waals surface area contributed by atoms with Crippen LogP contribution in [0.3, 0.4) is 0 Å². The summed E-state index contributed by atoms with van der Waals surface area (Å²) < 4.78 is 5.30. The molecule has 3 nitrogen and oxygen atoms in total. The third-order valence-electron chi connectivity index (χ3n) is 4.85. The lowest BCUT2D eigenvalue weighted by Gasteiger charge is -2.38. The molecule has 0 spiro atoms. The van der Waals surface area contributed by atoms with Crippen LogP contribution in [0.1, 0.15) is 37.3 Å². The molecule has 1 saturated heterocycles. The number of ether oxygens (including phenoxy) is 1. The molecule has 3 heteroatoms. The first-order valence-electron chi connectivity index (χ1n) is 7.97. The van der Waals surface area contributed by atoms with E-state index in [1.807, 2.05) is 0 Å². The first kappa shape index (κ1) is 13.9. The molecule has 0 bridgehead atoms. The van der Waals surface area contributed by atoms with Gasteiger partial charge in [-0.05, 0) is 36.5 Å². The molecule has 0 aromatic heterocycles. The maximum atomic E-state index is 5.30. The van der Waals surface area contributed by atoms with Gasteiger partial charge in [0.2, 0.25) is 0 Å². The average molecular weight is 274 g/mol. The van der Waals surface area contributed by atoms with E-state index in [1.165, 1.54) is 44.3 Å². The van der Waals surface area contributed by atoms with Gasteiger partial charge in [0.1, 0.15) is 5.75 Å². The Morgan fingerprint density at radius 2 is 1.75 bits per heavy atom. The van der Waals surface area contributed by atoms with E-state index in [-0.39, 0.29) is 0 Å². The zero-order valence-electron chi connectivity index (χ0n) is 12.5. The van der Waals surface area contributed by atoms with Crippen LogP contribution in [0.5, 0.6) is 5.75 Å². The molecule has 1 N–H and O–H groups in total. The maximum Gasteiger partial charge on any atom is 0.118 e. The van der Waals surface area contributed by atoms with Crippen molar-refractivity contribution in [1.82, 2.24) is 10.2 Å². The van der Waals surface area contributed by atoms with E-state index < -0.39 is 0 Å². The average Bonchev–Trinajstić information content (AvgIpc) is 3.03. The molecule has 110 valence electrons. The Labute approximate surface area is 122 Å². The number of piperazine rings is 1. The van der Waals surface area contributed by atoms with Gasteiger partial charge in [-0.3, -0.25) is 4.90 Å². The van der Waals surface area contributed by atoms with E-state index in [1.54, 1.807) is 7.11 Å². The fraction of sp³-hybridized carbons (Fsp3) is 0.647. The lowest BCUT2D eigenvalue weighted by atomic mass is 9.89. The molecule has 2 fully saturated rings. The summed E-state index contributed by atoms with van der Waals surface area (Å²) in [6.07, 6.45) is 5.59. The number of methoxy groups -OCH3 is 1. The third kappa shape index (κ3) is 2.99. The number of benzene rings is 1. The molecule has 1 heterocycles. The second kappa shape index (κ2) is 6.59. The maximum absolute atomic E-state index is 5.30. The van der Waals surface area contributed by atoms with Crippen LogP contribution in [0.2, 0.25) is 0 Å². The van der Waals surface area contributed by atoms with Crippen LogP contribution in [0.15, 0.2) is 24.3 Å². The minimum Gasteiger partial charge on any atom is -0.497 e. The highest BCUT2D eigenvalue weighted by atomic mass is 16.5. The van der Waals surface area contributed by atoms with Crippen molar-refractivity contribution in [3.8, 4) is 5.75 Å². The molecule has 1 unspecified atom stereocenters. The normalized spacial score (nSPS) is 22.9. The van der Waals surface area contributed by atoms with Crippen molar-refractivity contribution in [2.75, 3.05) is 33.3 Å². The zero-order chi connectivity index (χ0) is 13.8. The summed E-state index contributed by atoms with van der Waals surface area (Å²) in [6.45, 7) is 4.60. The summed E-state index contributed by atoms with van der Waals surface area (Å²) in [5.74, 6) is 1.79. The molecule has 1 aromatic rings. The van der Waals surface area contributed by atoms with Gasteiger partial charge in [-0.25, -0.2) is 0 Å². The summed E-state index contributed by atoms with van der Waals surface area (Å²) in [5, 5.41) is 3.47. The molecule has 1 aromatic carbocycles. The molecule has 3 rings (SSSR count). The van der Waals surface area contributed by atoms with Crippen LogP contribution in [0, 0.1) is 5.92 Å². The van der Waals surface area contributed by atoms with Crippen LogP contribution in [0.4, 0.5) is 0 Å². The van der Waals surface area contributed by atoms with Gasteiger partial charge in [0.25, 0.3) is 0 Å². The van der Waals surface area contributed by atoms with Crippen molar-refractivity contribution >= 4 is 0 Å². The molecule has 1 aliphatic heterocycles. The number of rotatable bonds is 4. The molecule has 1 atom stereocenters. The second-order valence-electron chi connectivity index (χ2n) is 6.05. The Morgan fingerprint density at radius 1 is 1.10 bits per heavy atom. The van der Waals surface area contributed by atoms with Gasteiger partial charge in [-0.2, -0.15) is 0 Å². The molecule has 20 heavy (non-hydrogen) atoms. The van der Waals surface area contributed by atoms with Gasteiger partial charge in [0.05, 0.1) is 7.11 Å². The quantitative estimate of drug-likeness (QED) is 0.913. The van der Waals surface area contributed by atoms with Crippen molar-refractivity contribution < 1.29 is 4.74 Å². The van der Waals surface area contributed by atoms with E-state index >= 15 is 0 Å². The Kier molecular flexibility index (Phi) is 4.58. The van der Waals surface area contributed by atoms with Crippen molar-refractivity contribution in [2.45, 2.75) is 31.7 Å². The van der Waals surface area contributed by atoms with Crippen LogP contribution >= 0.6 is 0 Å².